The number of sulfone groups is 1. The van der Waals surface area contributed by atoms with Gasteiger partial charge in [0.15, 0.2) is 9.84 Å². The van der Waals surface area contributed by atoms with Crippen molar-refractivity contribution in [2.45, 2.75) is 12.8 Å². The van der Waals surface area contributed by atoms with Crippen LogP contribution in [0, 0.1) is 0 Å². The Bertz CT molecular complexity index is 590. The average molecular weight is 335 g/mol. The number of rotatable bonds is 8. The van der Waals surface area contributed by atoms with Gasteiger partial charge in [0.05, 0.1) is 29.5 Å². The van der Waals surface area contributed by atoms with E-state index in [1.54, 1.807) is 12.1 Å². The minimum Gasteiger partial charge on any atom is -0.397 e. The van der Waals surface area contributed by atoms with Gasteiger partial charge in [-0.25, -0.2) is 8.42 Å². The molecular weight excluding hydrogens is 316 g/mol. The molecule has 0 fully saturated rings. The molecule has 6 nitrogen and oxygen atoms in total. The first kappa shape index (κ1) is 17.7. The second kappa shape index (κ2) is 8.21. The number of ether oxygens (including phenoxy) is 1. The Labute approximate surface area is 129 Å². The van der Waals surface area contributed by atoms with Crippen LogP contribution in [0.15, 0.2) is 18.2 Å². The third kappa shape index (κ3) is 6.79. The molecule has 0 aliphatic rings. The standard InChI is InChI=1S/C13H19ClN2O4S/c1-20-6-8-21(18,19)7-2-3-13(17)16-12-5-4-10(14)9-11(12)15/h4-5,9H,2-3,6-8,15H2,1H3,(H,16,17). The van der Waals surface area contributed by atoms with Gasteiger partial charge in [-0.15, -0.1) is 0 Å². The van der Waals surface area contributed by atoms with Crippen molar-refractivity contribution in [1.82, 2.24) is 0 Å². The number of carbonyl (C=O) groups is 1. The van der Waals surface area contributed by atoms with Crippen molar-refractivity contribution < 1.29 is 17.9 Å². The quantitative estimate of drug-likeness (QED) is 0.705. The molecule has 0 heterocycles. The summed E-state index contributed by atoms with van der Waals surface area (Å²) in [6.45, 7) is 0.163. The van der Waals surface area contributed by atoms with Crippen LogP contribution in [0.5, 0.6) is 0 Å². The third-order valence-corrected chi connectivity index (χ3v) is 4.68. The van der Waals surface area contributed by atoms with E-state index >= 15 is 0 Å². The van der Waals surface area contributed by atoms with E-state index in [0.29, 0.717) is 16.4 Å². The summed E-state index contributed by atoms with van der Waals surface area (Å²) in [6.07, 6.45) is 0.361. The monoisotopic (exact) mass is 334 g/mol. The molecule has 21 heavy (non-hydrogen) atoms. The first-order chi connectivity index (χ1) is 9.84. The Morgan fingerprint density at radius 2 is 2.10 bits per heavy atom. The number of nitrogens with one attached hydrogen (secondary N) is 1. The smallest absolute Gasteiger partial charge is 0.224 e. The number of carbonyl (C=O) groups excluding carboxylic acids is 1. The maximum atomic E-state index is 11.7. The van der Waals surface area contributed by atoms with Gasteiger partial charge in [0.2, 0.25) is 5.91 Å². The molecule has 0 aromatic heterocycles. The Morgan fingerprint density at radius 3 is 2.71 bits per heavy atom. The average Bonchev–Trinajstić information content (AvgIpc) is 2.39. The van der Waals surface area contributed by atoms with Gasteiger partial charge >= 0.3 is 0 Å². The van der Waals surface area contributed by atoms with Gasteiger partial charge in [0, 0.05) is 18.6 Å². The second-order valence-electron chi connectivity index (χ2n) is 4.53. The Morgan fingerprint density at radius 1 is 1.38 bits per heavy atom. The highest BCUT2D eigenvalue weighted by molar-refractivity contribution is 7.91. The largest absolute Gasteiger partial charge is 0.397 e. The summed E-state index contributed by atoms with van der Waals surface area (Å²) in [4.78, 5) is 11.7. The van der Waals surface area contributed by atoms with Gasteiger partial charge in [0.25, 0.3) is 0 Å². The lowest BCUT2D eigenvalue weighted by Gasteiger charge is -2.08. The van der Waals surface area contributed by atoms with Gasteiger partial charge in [-0.05, 0) is 24.6 Å². The zero-order valence-corrected chi connectivity index (χ0v) is 13.3. The van der Waals surface area contributed by atoms with Gasteiger partial charge in [0.1, 0.15) is 0 Å². The molecule has 1 aromatic carbocycles. The summed E-state index contributed by atoms with van der Waals surface area (Å²) in [6, 6.07) is 4.75. The first-order valence-corrected chi connectivity index (χ1v) is 8.58. The fourth-order valence-electron chi connectivity index (χ4n) is 1.63. The molecule has 0 unspecified atom stereocenters. The summed E-state index contributed by atoms with van der Waals surface area (Å²) in [7, 11) is -1.73. The van der Waals surface area contributed by atoms with Gasteiger partial charge in [-0.1, -0.05) is 11.6 Å². The number of methoxy groups -OCH3 is 1. The van der Waals surface area contributed by atoms with Crippen molar-refractivity contribution in [3.63, 3.8) is 0 Å². The summed E-state index contributed by atoms with van der Waals surface area (Å²) >= 11 is 5.76. The van der Waals surface area contributed by atoms with Crippen LogP contribution in [0.2, 0.25) is 5.02 Å². The molecule has 0 aliphatic carbocycles. The van der Waals surface area contributed by atoms with Crippen LogP contribution in [-0.4, -0.2) is 39.5 Å². The number of amides is 1. The minimum atomic E-state index is -3.17. The molecule has 0 saturated carbocycles. The molecular formula is C13H19ClN2O4S. The van der Waals surface area contributed by atoms with E-state index in [4.69, 9.17) is 22.1 Å². The zero-order valence-electron chi connectivity index (χ0n) is 11.8. The maximum absolute atomic E-state index is 11.7. The van der Waals surface area contributed by atoms with E-state index in [1.165, 1.54) is 13.2 Å². The van der Waals surface area contributed by atoms with Gasteiger partial charge < -0.3 is 15.8 Å². The molecule has 1 amide bonds. The summed E-state index contributed by atoms with van der Waals surface area (Å²) in [5.74, 6) is -0.360. The van der Waals surface area contributed by atoms with Crippen LogP contribution >= 0.6 is 11.6 Å². The number of nitrogen functional groups attached to an aromatic ring is 1. The molecule has 0 saturated heterocycles. The molecule has 3 N–H and O–H groups in total. The fourth-order valence-corrected chi connectivity index (χ4v) is 3.01. The number of hydrogen-bond acceptors (Lipinski definition) is 5. The van der Waals surface area contributed by atoms with Crippen molar-refractivity contribution in [3.05, 3.63) is 23.2 Å². The van der Waals surface area contributed by atoms with Gasteiger partial charge in [-0.2, -0.15) is 0 Å². The Hall–Kier alpha value is -1.31. The normalized spacial score (nSPS) is 11.3. The van der Waals surface area contributed by atoms with E-state index in [9.17, 15) is 13.2 Å². The van der Waals surface area contributed by atoms with E-state index < -0.39 is 9.84 Å². The van der Waals surface area contributed by atoms with Crippen molar-refractivity contribution in [2.24, 2.45) is 0 Å². The molecule has 1 aromatic rings. The highest BCUT2D eigenvalue weighted by Crippen LogP contribution is 2.22. The van der Waals surface area contributed by atoms with Crippen LogP contribution < -0.4 is 11.1 Å². The SMILES string of the molecule is COCCS(=O)(=O)CCCC(=O)Nc1ccc(Cl)cc1N. The van der Waals surface area contributed by atoms with Crippen LogP contribution in [-0.2, 0) is 19.4 Å². The number of halogens is 1. The lowest BCUT2D eigenvalue weighted by Crippen LogP contribution is -2.18. The van der Waals surface area contributed by atoms with Crippen LogP contribution in [0.3, 0.4) is 0 Å². The highest BCUT2D eigenvalue weighted by atomic mass is 35.5. The number of hydrogen-bond donors (Lipinski definition) is 2. The van der Waals surface area contributed by atoms with Crippen molar-refractivity contribution in [2.75, 3.05) is 36.3 Å². The predicted octanol–water partition coefficient (Wildman–Crippen LogP) is 1.70. The molecule has 0 radical (unpaired) electrons. The van der Waals surface area contributed by atoms with Crippen molar-refractivity contribution in [1.29, 1.82) is 0 Å². The summed E-state index contributed by atoms with van der Waals surface area (Å²) < 4.78 is 27.9. The Kier molecular flexibility index (Phi) is 6.94. The lowest BCUT2D eigenvalue weighted by atomic mass is 10.2. The second-order valence-corrected chi connectivity index (χ2v) is 7.27. The van der Waals surface area contributed by atoms with Crippen LogP contribution in [0.25, 0.3) is 0 Å². The molecule has 0 spiro atoms. The van der Waals surface area contributed by atoms with Crippen molar-refractivity contribution >= 4 is 38.7 Å². The summed E-state index contributed by atoms with van der Waals surface area (Å²) in [5, 5.41) is 3.11. The fraction of sp³-hybridized carbons (Fsp3) is 0.462. The molecule has 0 bridgehead atoms. The zero-order chi connectivity index (χ0) is 15.9. The maximum Gasteiger partial charge on any atom is 0.224 e. The lowest BCUT2D eigenvalue weighted by molar-refractivity contribution is -0.116. The van der Waals surface area contributed by atoms with Gasteiger partial charge in [-0.3, -0.25) is 4.79 Å². The molecule has 1 rings (SSSR count). The van der Waals surface area contributed by atoms with Crippen molar-refractivity contribution in [3.8, 4) is 0 Å². The third-order valence-electron chi connectivity index (χ3n) is 2.75. The number of anilines is 2. The van der Waals surface area contributed by atoms with Crippen LogP contribution in [0.4, 0.5) is 11.4 Å². The van der Waals surface area contributed by atoms with E-state index in [1.807, 2.05) is 0 Å². The van der Waals surface area contributed by atoms with Crippen LogP contribution in [0.1, 0.15) is 12.8 Å². The Balaban J connectivity index is 2.41. The molecule has 0 aliphatic heterocycles. The first-order valence-electron chi connectivity index (χ1n) is 6.38. The highest BCUT2D eigenvalue weighted by Gasteiger charge is 2.12. The number of nitrogens with two attached hydrogens (primary N) is 1. The topological polar surface area (TPSA) is 98.5 Å². The number of benzene rings is 1. The predicted molar refractivity (Wildman–Crippen MR) is 84.3 cm³/mol. The summed E-state index contributed by atoms with van der Waals surface area (Å²) in [5.41, 5.74) is 6.54. The van der Waals surface area contributed by atoms with E-state index in [-0.39, 0.29) is 36.9 Å². The molecule has 8 heteroatoms. The molecule has 118 valence electrons. The van der Waals surface area contributed by atoms with E-state index in [0.717, 1.165) is 0 Å². The minimum absolute atomic E-state index is 0.0325. The van der Waals surface area contributed by atoms with E-state index in [2.05, 4.69) is 5.32 Å². The molecule has 0 atom stereocenters.